The van der Waals surface area contributed by atoms with Crippen LogP contribution in [0.2, 0.25) is 0 Å². The largest absolute Gasteiger partial charge is 0.300 e. The molecule has 2 aromatic carbocycles. The molecule has 0 saturated carbocycles. The maximum Gasteiger partial charge on any atom is 0.276 e. The number of hydrogen-bond donors (Lipinski definition) is 1. The Morgan fingerprint density at radius 1 is 1.17 bits per heavy atom. The van der Waals surface area contributed by atoms with Crippen molar-refractivity contribution in [3.63, 3.8) is 0 Å². The van der Waals surface area contributed by atoms with Crippen LogP contribution in [0.25, 0.3) is 6.08 Å². The molecule has 0 radical (unpaired) electrons. The van der Waals surface area contributed by atoms with Crippen molar-refractivity contribution in [3.05, 3.63) is 73.6 Å². The average molecular weight is 404 g/mol. The fourth-order valence-electron chi connectivity index (χ4n) is 2.03. The van der Waals surface area contributed by atoms with E-state index in [0.717, 1.165) is 16.2 Å². The smallest absolute Gasteiger partial charge is 0.276 e. The van der Waals surface area contributed by atoms with Gasteiger partial charge in [0.1, 0.15) is 0 Å². The molecule has 1 aliphatic heterocycles. The molecule has 0 atom stereocenters. The summed E-state index contributed by atoms with van der Waals surface area (Å²) in [7, 11) is 0. The van der Waals surface area contributed by atoms with Crippen LogP contribution in [0.15, 0.2) is 62.9 Å². The highest BCUT2D eigenvalue weighted by Gasteiger charge is 2.25. The molecular formula is C16H10BrN3O3S. The number of amidine groups is 1. The zero-order chi connectivity index (χ0) is 17.1. The number of amides is 1. The van der Waals surface area contributed by atoms with Crippen molar-refractivity contribution in [2.45, 2.75) is 0 Å². The molecule has 0 aromatic heterocycles. The van der Waals surface area contributed by atoms with Crippen molar-refractivity contribution in [1.29, 1.82) is 0 Å². The summed E-state index contributed by atoms with van der Waals surface area (Å²) in [5.74, 6) is -0.325. The van der Waals surface area contributed by atoms with Gasteiger partial charge in [0.2, 0.25) is 0 Å². The first-order chi connectivity index (χ1) is 11.5. The topological polar surface area (TPSA) is 84.6 Å². The maximum atomic E-state index is 12.1. The van der Waals surface area contributed by atoms with Gasteiger partial charge in [-0.25, -0.2) is 4.99 Å². The summed E-state index contributed by atoms with van der Waals surface area (Å²) in [6.45, 7) is 0. The number of nitro groups is 1. The Bertz CT molecular complexity index is 878. The summed E-state index contributed by atoms with van der Waals surface area (Å²) in [5.41, 5.74) is 1.04. The number of nitrogens with one attached hydrogen (secondary N) is 1. The molecule has 3 rings (SSSR count). The van der Waals surface area contributed by atoms with E-state index in [1.807, 2.05) is 24.3 Å². The van der Waals surface area contributed by atoms with Crippen molar-refractivity contribution in [1.82, 2.24) is 5.32 Å². The lowest BCUT2D eigenvalue weighted by molar-refractivity contribution is -0.385. The summed E-state index contributed by atoms with van der Waals surface area (Å²) in [6.07, 6.45) is 1.50. The molecule has 2 aromatic rings. The van der Waals surface area contributed by atoms with E-state index in [1.54, 1.807) is 18.2 Å². The third-order valence-electron chi connectivity index (χ3n) is 3.13. The van der Waals surface area contributed by atoms with Gasteiger partial charge < -0.3 is 5.32 Å². The van der Waals surface area contributed by atoms with Crippen LogP contribution in [0.4, 0.5) is 11.4 Å². The number of para-hydroxylation sites is 1. The maximum absolute atomic E-state index is 12.1. The summed E-state index contributed by atoms with van der Waals surface area (Å²) in [6, 6.07) is 13.6. The van der Waals surface area contributed by atoms with Crippen LogP contribution in [0.1, 0.15) is 5.56 Å². The molecule has 0 bridgehead atoms. The monoisotopic (exact) mass is 403 g/mol. The quantitative estimate of drug-likeness (QED) is 0.471. The van der Waals surface area contributed by atoms with E-state index in [2.05, 4.69) is 26.2 Å². The number of halogens is 1. The molecular weight excluding hydrogens is 394 g/mol. The highest BCUT2D eigenvalue weighted by molar-refractivity contribution is 9.10. The zero-order valence-corrected chi connectivity index (χ0v) is 14.5. The van der Waals surface area contributed by atoms with E-state index >= 15 is 0 Å². The number of rotatable bonds is 3. The fraction of sp³-hybridized carbons (Fsp3) is 0. The van der Waals surface area contributed by atoms with E-state index in [0.29, 0.717) is 21.3 Å². The Hall–Kier alpha value is -2.45. The molecule has 1 saturated heterocycles. The fourth-order valence-corrected chi connectivity index (χ4v) is 3.13. The normalized spacial score (nSPS) is 17.3. The number of hydrogen-bond acceptors (Lipinski definition) is 5. The Morgan fingerprint density at radius 2 is 1.88 bits per heavy atom. The first-order valence-electron chi connectivity index (χ1n) is 6.81. The molecule has 1 N–H and O–H groups in total. The molecule has 0 unspecified atom stereocenters. The molecule has 1 aliphatic rings. The van der Waals surface area contributed by atoms with Crippen molar-refractivity contribution in [2.75, 3.05) is 0 Å². The lowest BCUT2D eigenvalue weighted by Gasteiger charge is -1.97. The highest BCUT2D eigenvalue weighted by Crippen LogP contribution is 2.30. The van der Waals surface area contributed by atoms with Gasteiger partial charge in [-0.15, -0.1) is 0 Å². The minimum atomic E-state index is -0.471. The number of benzene rings is 2. The number of carbonyl (C=O) groups is 1. The van der Waals surface area contributed by atoms with Crippen LogP contribution in [0, 0.1) is 10.1 Å². The highest BCUT2D eigenvalue weighted by atomic mass is 79.9. The van der Waals surface area contributed by atoms with Crippen LogP contribution >= 0.6 is 27.7 Å². The van der Waals surface area contributed by atoms with Gasteiger partial charge in [-0.1, -0.05) is 28.1 Å². The van der Waals surface area contributed by atoms with Gasteiger partial charge in [-0.3, -0.25) is 14.9 Å². The van der Waals surface area contributed by atoms with Crippen LogP contribution in [0.3, 0.4) is 0 Å². The zero-order valence-electron chi connectivity index (χ0n) is 12.1. The van der Waals surface area contributed by atoms with Gasteiger partial charge in [0, 0.05) is 10.5 Å². The summed E-state index contributed by atoms with van der Waals surface area (Å²) >= 11 is 4.49. The molecule has 6 nitrogen and oxygen atoms in total. The first-order valence-corrected chi connectivity index (χ1v) is 8.42. The van der Waals surface area contributed by atoms with E-state index in [-0.39, 0.29) is 11.6 Å². The third kappa shape index (κ3) is 3.72. The number of nitrogens with zero attached hydrogens (tertiary/aromatic N) is 2. The SMILES string of the molecule is O=C1NC(=Nc2ccc(Br)cc2)SC1=Cc1ccccc1[N+](=O)[O-]. The summed E-state index contributed by atoms with van der Waals surface area (Å²) in [4.78, 5) is 27.3. The number of thioether (sulfide) groups is 1. The van der Waals surface area contributed by atoms with Crippen LogP contribution in [-0.4, -0.2) is 16.0 Å². The van der Waals surface area contributed by atoms with E-state index in [4.69, 9.17) is 0 Å². The molecule has 120 valence electrons. The number of aliphatic imine (C=N–C) groups is 1. The molecule has 0 spiro atoms. The van der Waals surface area contributed by atoms with E-state index in [9.17, 15) is 14.9 Å². The second-order valence-electron chi connectivity index (χ2n) is 4.77. The molecule has 1 amide bonds. The molecule has 8 heteroatoms. The second-order valence-corrected chi connectivity index (χ2v) is 6.72. The average Bonchev–Trinajstić information content (AvgIpc) is 2.89. The first kappa shape index (κ1) is 16.4. The van der Waals surface area contributed by atoms with E-state index < -0.39 is 4.92 Å². The van der Waals surface area contributed by atoms with Gasteiger partial charge >= 0.3 is 0 Å². The predicted octanol–water partition coefficient (Wildman–Crippen LogP) is 4.25. The number of nitro benzene ring substituents is 1. The predicted molar refractivity (Wildman–Crippen MR) is 98.0 cm³/mol. The molecule has 0 aliphatic carbocycles. The minimum absolute atomic E-state index is 0.0447. The van der Waals surface area contributed by atoms with Gasteiger partial charge in [-0.2, -0.15) is 0 Å². The van der Waals surface area contributed by atoms with Gasteiger partial charge in [-0.05, 0) is 48.2 Å². The Balaban J connectivity index is 1.88. The lowest BCUT2D eigenvalue weighted by atomic mass is 10.1. The number of carbonyl (C=O) groups excluding carboxylic acids is 1. The summed E-state index contributed by atoms with van der Waals surface area (Å²) in [5, 5.41) is 14.1. The molecule has 1 fully saturated rings. The van der Waals surface area contributed by atoms with Crippen molar-refractivity contribution in [2.24, 2.45) is 4.99 Å². The van der Waals surface area contributed by atoms with E-state index in [1.165, 1.54) is 12.1 Å². The standard InChI is InChI=1S/C16H10BrN3O3S/c17-11-5-7-12(8-6-11)18-16-19-15(21)14(24-16)9-10-3-1-2-4-13(10)20(22)23/h1-9H,(H,18,19,21). The third-order valence-corrected chi connectivity index (χ3v) is 4.57. The lowest BCUT2D eigenvalue weighted by Crippen LogP contribution is -2.19. The molecule has 24 heavy (non-hydrogen) atoms. The van der Waals surface area contributed by atoms with Gasteiger partial charge in [0.15, 0.2) is 5.17 Å². The van der Waals surface area contributed by atoms with Crippen LogP contribution in [0.5, 0.6) is 0 Å². The Morgan fingerprint density at radius 3 is 2.58 bits per heavy atom. The second kappa shape index (κ2) is 6.98. The minimum Gasteiger partial charge on any atom is -0.300 e. The van der Waals surface area contributed by atoms with Crippen LogP contribution in [-0.2, 0) is 4.79 Å². The van der Waals surface area contributed by atoms with Gasteiger partial charge in [0.05, 0.1) is 21.1 Å². The summed E-state index contributed by atoms with van der Waals surface area (Å²) < 4.78 is 0.937. The van der Waals surface area contributed by atoms with Crippen LogP contribution < -0.4 is 5.32 Å². The van der Waals surface area contributed by atoms with Gasteiger partial charge in [0.25, 0.3) is 11.6 Å². The van der Waals surface area contributed by atoms with Crippen molar-refractivity contribution in [3.8, 4) is 0 Å². The Kier molecular flexibility index (Phi) is 4.77. The van der Waals surface area contributed by atoms with Crippen molar-refractivity contribution >= 4 is 56.2 Å². The van der Waals surface area contributed by atoms with Crippen molar-refractivity contribution < 1.29 is 9.72 Å². The molecule has 1 heterocycles. The Labute approximate surface area is 150 Å².